The number of aromatic nitrogens is 1. The first-order valence-corrected chi connectivity index (χ1v) is 12.6. The van der Waals surface area contributed by atoms with Crippen LogP contribution in [0.1, 0.15) is 42.5 Å². The molecule has 2 amide bonds. The number of anilines is 1. The van der Waals surface area contributed by atoms with Gasteiger partial charge in [0.2, 0.25) is 0 Å². The molecule has 1 fully saturated rings. The van der Waals surface area contributed by atoms with Gasteiger partial charge in [-0.1, -0.05) is 25.0 Å². The van der Waals surface area contributed by atoms with Crippen molar-refractivity contribution in [1.29, 1.82) is 0 Å². The summed E-state index contributed by atoms with van der Waals surface area (Å²) in [5.41, 5.74) is 5.49. The van der Waals surface area contributed by atoms with E-state index in [-0.39, 0.29) is 17.3 Å². The van der Waals surface area contributed by atoms with Crippen molar-refractivity contribution < 1.29 is 9.18 Å². The fourth-order valence-electron chi connectivity index (χ4n) is 5.28. The van der Waals surface area contributed by atoms with Crippen LogP contribution in [0.2, 0.25) is 0 Å². The molecular formula is C27H29FN4OS. The summed E-state index contributed by atoms with van der Waals surface area (Å²) in [4.78, 5) is 21.3. The van der Waals surface area contributed by atoms with E-state index in [1.165, 1.54) is 6.07 Å². The van der Waals surface area contributed by atoms with Gasteiger partial charge in [0.25, 0.3) is 0 Å². The van der Waals surface area contributed by atoms with Crippen molar-refractivity contribution in [3.05, 3.63) is 77.2 Å². The number of aryl methyl sites for hydroxylation is 1. The summed E-state index contributed by atoms with van der Waals surface area (Å²) < 4.78 is 16.7. The SMILES string of the molecule is CNSc1ccc(CNC(=O)N2CC3(CCCC3)c3nc(-c4ccc(F)cc4C)ccc32)cc1. The van der Waals surface area contributed by atoms with E-state index >= 15 is 0 Å². The van der Waals surface area contributed by atoms with Gasteiger partial charge in [-0.25, -0.2) is 14.2 Å². The summed E-state index contributed by atoms with van der Waals surface area (Å²) in [6.45, 7) is 3.04. The average Bonchev–Trinajstić information content (AvgIpc) is 3.44. The highest BCUT2D eigenvalue weighted by Crippen LogP contribution is 2.50. The normalized spacial score (nSPS) is 16.1. The monoisotopic (exact) mass is 476 g/mol. The number of amides is 2. The van der Waals surface area contributed by atoms with Crippen LogP contribution in [0, 0.1) is 12.7 Å². The highest BCUT2D eigenvalue weighted by molar-refractivity contribution is 7.97. The van der Waals surface area contributed by atoms with E-state index in [1.807, 2.05) is 55.3 Å². The van der Waals surface area contributed by atoms with E-state index in [0.29, 0.717) is 13.1 Å². The minimum atomic E-state index is -0.243. The maximum Gasteiger partial charge on any atom is 0.322 e. The average molecular weight is 477 g/mol. The molecule has 0 atom stereocenters. The Bertz CT molecular complexity index is 1210. The molecule has 3 aromatic rings. The smallest absolute Gasteiger partial charge is 0.322 e. The minimum absolute atomic E-state index is 0.0915. The van der Waals surface area contributed by atoms with Crippen molar-refractivity contribution in [2.45, 2.75) is 49.5 Å². The molecule has 2 aromatic carbocycles. The number of halogens is 1. The third-order valence-electron chi connectivity index (χ3n) is 6.99. The fourth-order valence-corrected chi connectivity index (χ4v) is 5.79. The third kappa shape index (κ3) is 4.30. The van der Waals surface area contributed by atoms with Gasteiger partial charge in [0.1, 0.15) is 5.82 Å². The zero-order valence-corrected chi connectivity index (χ0v) is 20.3. The number of pyridine rings is 1. The van der Waals surface area contributed by atoms with Gasteiger partial charge in [-0.05, 0) is 92.4 Å². The lowest BCUT2D eigenvalue weighted by molar-refractivity contribution is 0.245. The van der Waals surface area contributed by atoms with E-state index in [4.69, 9.17) is 4.98 Å². The van der Waals surface area contributed by atoms with E-state index < -0.39 is 0 Å². The Balaban J connectivity index is 1.39. The Morgan fingerprint density at radius 2 is 1.88 bits per heavy atom. The van der Waals surface area contributed by atoms with E-state index in [2.05, 4.69) is 10.0 Å². The molecule has 2 aliphatic rings. The second-order valence-corrected chi connectivity index (χ2v) is 10.3. The molecule has 1 saturated carbocycles. The molecule has 34 heavy (non-hydrogen) atoms. The number of rotatable bonds is 5. The molecule has 0 unspecified atom stereocenters. The largest absolute Gasteiger partial charge is 0.334 e. The molecule has 0 bridgehead atoms. The van der Waals surface area contributed by atoms with E-state index in [1.54, 1.807) is 24.1 Å². The molecule has 1 aliphatic heterocycles. The molecule has 1 aliphatic carbocycles. The number of nitrogens with one attached hydrogen (secondary N) is 2. The summed E-state index contributed by atoms with van der Waals surface area (Å²) in [6, 6.07) is 16.8. The third-order valence-corrected chi connectivity index (χ3v) is 7.70. The quantitative estimate of drug-likeness (QED) is 0.446. The van der Waals surface area contributed by atoms with Crippen LogP contribution in [0.15, 0.2) is 59.5 Å². The number of urea groups is 1. The molecule has 5 rings (SSSR count). The van der Waals surface area contributed by atoms with Crippen molar-refractivity contribution in [3.8, 4) is 11.3 Å². The Labute approximate surface area is 204 Å². The minimum Gasteiger partial charge on any atom is -0.334 e. The summed E-state index contributed by atoms with van der Waals surface area (Å²) in [7, 11) is 1.89. The van der Waals surface area contributed by atoms with Crippen LogP contribution < -0.4 is 14.9 Å². The maximum atomic E-state index is 13.6. The number of hydrogen-bond acceptors (Lipinski definition) is 4. The summed E-state index contributed by atoms with van der Waals surface area (Å²) in [5.74, 6) is -0.243. The Morgan fingerprint density at radius 3 is 2.59 bits per heavy atom. The molecule has 7 heteroatoms. The zero-order chi connectivity index (χ0) is 23.7. The van der Waals surface area contributed by atoms with Crippen LogP contribution in [0.3, 0.4) is 0 Å². The number of carbonyl (C=O) groups is 1. The molecule has 0 radical (unpaired) electrons. The Morgan fingerprint density at radius 1 is 1.12 bits per heavy atom. The van der Waals surface area contributed by atoms with Crippen LogP contribution in [-0.4, -0.2) is 24.6 Å². The van der Waals surface area contributed by atoms with Gasteiger partial charge >= 0.3 is 6.03 Å². The van der Waals surface area contributed by atoms with Gasteiger partial charge in [-0.2, -0.15) is 0 Å². The van der Waals surface area contributed by atoms with Crippen LogP contribution in [0.4, 0.5) is 14.9 Å². The summed E-state index contributed by atoms with van der Waals surface area (Å²) in [5, 5.41) is 3.10. The summed E-state index contributed by atoms with van der Waals surface area (Å²) in [6.07, 6.45) is 4.36. The Kier molecular flexibility index (Phi) is 6.32. The molecular weight excluding hydrogens is 447 g/mol. The number of fused-ring (bicyclic) bond motifs is 2. The van der Waals surface area contributed by atoms with Gasteiger partial charge in [-0.15, -0.1) is 0 Å². The molecule has 5 nitrogen and oxygen atoms in total. The Hall–Kier alpha value is -2.90. The lowest BCUT2D eigenvalue weighted by atomic mass is 9.84. The van der Waals surface area contributed by atoms with Crippen molar-refractivity contribution in [3.63, 3.8) is 0 Å². The highest BCUT2D eigenvalue weighted by atomic mass is 32.2. The number of nitrogens with zero attached hydrogens (tertiary/aromatic N) is 2. The first kappa shape index (κ1) is 22.9. The van der Waals surface area contributed by atoms with Crippen molar-refractivity contribution in [1.82, 2.24) is 15.0 Å². The van der Waals surface area contributed by atoms with E-state index in [0.717, 1.165) is 64.3 Å². The highest BCUT2D eigenvalue weighted by Gasteiger charge is 2.47. The van der Waals surface area contributed by atoms with Crippen LogP contribution in [-0.2, 0) is 12.0 Å². The van der Waals surface area contributed by atoms with Gasteiger partial charge in [0, 0.05) is 29.0 Å². The predicted octanol–water partition coefficient (Wildman–Crippen LogP) is 5.96. The van der Waals surface area contributed by atoms with Gasteiger partial charge in [0.15, 0.2) is 0 Å². The fraction of sp³-hybridized carbons (Fsp3) is 0.333. The van der Waals surface area contributed by atoms with Crippen molar-refractivity contribution in [2.75, 3.05) is 18.5 Å². The first-order valence-electron chi connectivity index (χ1n) is 11.7. The van der Waals surface area contributed by atoms with Crippen LogP contribution in [0.5, 0.6) is 0 Å². The predicted molar refractivity (Wildman–Crippen MR) is 135 cm³/mol. The molecule has 176 valence electrons. The molecule has 0 saturated heterocycles. The first-order chi connectivity index (χ1) is 16.5. The number of hydrogen-bond donors (Lipinski definition) is 2. The van der Waals surface area contributed by atoms with Crippen molar-refractivity contribution in [2.24, 2.45) is 0 Å². The van der Waals surface area contributed by atoms with E-state index in [9.17, 15) is 9.18 Å². The van der Waals surface area contributed by atoms with Gasteiger partial charge in [0.05, 0.1) is 17.1 Å². The van der Waals surface area contributed by atoms with Crippen LogP contribution in [0.25, 0.3) is 11.3 Å². The number of benzene rings is 2. The summed E-state index contributed by atoms with van der Waals surface area (Å²) >= 11 is 1.56. The molecule has 1 spiro atoms. The lowest BCUT2D eigenvalue weighted by Crippen LogP contribution is -2.41. The van der Waals surface area contributed by atoms with Crippen molar-refractivity contribution >= 4 is 23.7 Å². The lowest BCUT2D eigenvalue weighted by Gasteiger charge is -2.24. The van der Waals surface area contributed by atoms with Crippen LogP contribution >= 0.6 is 11.9 Å². The number of carbonyl (C=O) groups excluding carboxylic acids is 1. The zero-order valence-electron chi connectivity index (χ0n) is 19.5. The van der Waals surface area contributed by atoms with Gasteiger partial charge < -0.3 is 5.32 Å². The standard InChI is InChI=1S/C27H29FN4OS/c1-18-15-20(28)7-10-22(18)23-11-12-24-25(31-23)27(13-3-4-14-27)17-32(24)26(33)30-16-19-5-8-21(9-6-19)34-29-2/h5-12,15,29H,3-4,13-14,16-17H2,1-2H3,(H,30,33). The topological polar surface area (TPSA) is 57.3 Å². The molecule has 2 N–H and O–H groups in total. The second kappa shape index (κ2) is 9.39. The molecule has 1 aromatic heterocycles. The second-order valence-electron chi connectivity index (χ2n) is 9.21. The van der Waals surface area contributed by atoms with Gasteiger partial charge in [-0.3, -0.25) is 9.62 Å². The molecule has 2 heterocycles. The maximum absolute atomic E-state index is 13.6.